The van der Waals surface area contributed by atoms with Crippen LogP contribution in [-0.4, -0.2) is 27.8 Å². The van der Waals surface area contributed by atoms with Crippen LogP contribution in [0.3, 0.4) is 0 Å². The lowest BCUT2D eigenvalue weighted by Gasteiger charge is -2.45. The van der Waals surface area contributed by atoms with Crippen molar-refractivity contribution in [1.82, 2.24) is 4.98 Å². The molecule has 4 aromatic carbocycles. The van der Waals surface area contributed by atoms with Gasteiger partial charge >= 0.3 is 0 Å². The first kappa shape index (κ1) is 21.1. The van der Waals surface area contributed by atoms with Crippen molar-refractivity contribution in [1.29, 1.82) is 0 Å². The average molecular weight is 482 g/mol. The van der Waals surface area contributed by atoms with Crippen LogP contribution in [0.1, 0.15) is 0 Å². The standard InChI is InChI=1S/C31H28BNSi2/c1-34(2)27-15-9-6-12-23(27)32-24-13-7-10-16-28(24)35(3,4)30-20-22(19-29(34)31(30)32)26-18-17-21-11-5-8-14-25(21)33-26/h5-20H,1-4H3. The third-order valence-corrected chi connectivity index (χ3v) is 15.7. The number of pyridine rings is 1. The van der Waals surface area contributed by atoms with Crippen LogP contribution in [0.2, 0.25) is 26.2 Å². The van der Waals surface area contributed by atoms with Gasteiger partial charge in [0.15, 0.2) is 0 Å². The molecule has 0 fully saturated rings. The van der Waals surface area contributed by atoms with Crippen LogP contribution in [0.4, 0.5) is 0 Å². The molecule has 0 aliphatic carbocycles. The molecule has 0 saturated heterocycles. The molecule has 0 saturated carbocycles. The van der Waals surface area contributed by atoms with Crippen molar-refractivity contribution in [3.8, 4) is 11.3 Å². The third-order valence-electron chi connectivity index (χ3n) is 8.60. The number of fused-ring (bicyclic) bond motifs is 5. The van der Waals surface area contributed by atoms with E-state index in [1.807, 2.05) is 0 Å². The van der Waals surface area contributed by atoms with Crippen LogP contribution < -0.4 is 37.1 Å². The second-order valence-corrected chi connectivity index (χ2v) is 19.9. The predicted octanol–water partition coefficient (Wildman–Crippen LogP) is 2.69. The number of aromatic nitrogens is 1. The summed E-state index contributed by atoms with van der Waals surface area (Å²) in [6.45, 7) is 10.5. The Balaban J connectivity index is 1.58. The van der Waals surface area contributed by atoms with Crippen LogP contribution in [0.5, 0.6) is 0 Å². The highest BCUT2D eigenvalue weighted by Gasteiger charge is 2.49. The van der Waals surface area contributed by atoms with E-state index in [0.29, 0.717) is 6.71 Å². The van der Waals surface area contributed by atoms with Gasteiger partial charge in [0.2, 0.25) is 6.71 Å². The van der Waals surface area contributed by atoms with Crippen LogP contribution in [0.25, 0.3) is 22.2 Å². The molecule has 4 heteroatoms. The molecule has 0 atom stereocenters. The molecule has 168 valence electrons. The lowest BCUT2D eigenvalue weighted by atomic mass is 9.36. The average Bonchev–Trinajstić information content (AvgIpc) is 2.88. The zero-order valence-corrected chi connectivity index (χ0v) is 22.8. The smallest absolute Gasteiger partial charge is 0.240 e. The quantitative estimate of drug-likeness (QED) is 0.336. The van der Waals surface area contributed by atoms with E-state index in [1.165, 1.54) is 21.9 Å². The first-order valence-electron chi connectivity index (χ1n) is 12.6. The minimum absolute atomic E-state index is 0.340. The van der Waals surface area contributed by atoms with Gasteiger partial charge in [0.1, 0.15) is 16.1 Å². The van der Waals surface area contributed by atoms with Gasteiger partial charge in [-0.25, -0.2) is 4.98 Å². The van der Waals surface area contributed by atoms with Gasteiger partial charge in [-0.05, 0) is 17.7 Å². The summed E-state index contributed by atoms with van der Waals surface area (Å²) in [4.78, 5) is 5.12. The summed E-state index contributed by atoms with van der Waals surface area (Å²) < 4.78 is 0. The topological polar surface area (TPSA) is 12.9 Å². The maximum atomic E-state index is 5.12. The van der Waals surface area contributed by atoms with Gasteiger partial charge in [0.05, 0.1) is 11.2 Å². The first-order chi connectivity index (χ1) is 16.9. The van der Waals surface area contributed by atoms with E-state index >= 15 is 0 Å². The van der Waals surface area contributed by atoms with E-state index in [9.17, 15) is 0 Å². The Hall–Kier alpha value is -3.21. The second kappa shape index (κ2) is 7.16. The molecule has 1 nitrogen and oxygen atoms in total. The van der Waals surface area contributed by atoms with Crippen molar-refractivity contribution in [2.24, 2.45) is 0 Å². The van der Waals surface area contributed by atoms with E-state index in [-0.39, 0.29) is 0 Å². The zero-order valence-electron chi connectivity index (χ0n) is 20.8. The highest BCUT2D eigenvalue weighted by Crippen LogP contribution is 2.23. The molecule has 1 aromatic heterocycles. The minimum Gasteiger partial charge on any atom is -0.248 e. The fourth-order valence-corrected chi connectivity index (χ4v) is 13.3. The molecule has 2 aliphatic rings. The number of hydrogen-bond donors (Lipinski definition) is 0. The predicted molar refractivity (Wildman–Crippen MR) is 158 cm³/mol. The Morgan fingerprint density at radius 1 is 0.571 bits per heavy atom. The molecule has 0 amide bonds. The van der Waals surface area contributed by atoms with Crippen molar-refractivity contribution in [2.45, 2.75) is 26.2 Å². The van der Waals surface area contributed by atoms with Gasteiger partial charge < -0.3 is 0 Å². The maximum absolute atomic E-state index is 5.12. The summed E-state index contributed by atoms with van der Waals surface area (Å²) in [6, 6.07) is 36.5. The number of benzene rings is 4. The molecule has 0 N–H and O–H groups in total. The zero-order chi connectivity index (χ0) is 23.9. The summed E-state index contributed by atoms with van der Waals surface area (Å²) in [5.41, 5.74) is 8.13. The Bertz CT molecular complexity index is 1590. The van der Waals surface area contributed by atoms with Crippen molar-refractivity contribution in [3.63, 3.8) is 0 Å². The summed E-state index contributed by atoms with van der Waals surface area (Å²) >= 11 is 0. The molecular formula is C31H28BNSi2. The van der Waals surface area contributed by atoms with Crippen LogP contribution in [0, 0.1) is 0 Å². The highest BCUT2D eigenvalue weighted by atomic mass is 28.3. The highest BCUT2D eigenvalue weighted by molar-refractivity contribution is 7.21. The van der Waals surface area contributed by atoms with Crippen molar-refractivity contribution in [3.05, 3.63) is 97.1 Å². The van der Waals surface area contributed by atoms with Crippen molar-refractivity contribution >= 4 is 70.9 Å². The Kier molecular flexibility index (Phi) is 4.31. The molecule has 7 rings (SSSR count). The normalized spacial score (nSPS) is 16.4. The lowest BCUT2D eigenvalue weighted by Crippen LogP contribution is -2.86. The van der Waals surface area contributed by atoms with Gasteiger partial charge in [0, 0.05) is 5.39 Å². The van der Waals surface area contributed by atoms with Gasteiger partial charge in [-0.15, -0.1) is 0 Å². The summed E-state index contributed by atoms with van der Waals surface area (Å²) in [5, 5.41) is 7.59. The Labute approximate surface area is 210 Å². The third kappa shape index (κ3) is 2.84. The SMILES string of the molecule is C[Si]1(C)c2ccccc2B2c3ccccc3[Si](C)(C)c3cc(-c4ccc5ccccc5n4)cc1c32. The fourth-order valence-electron chi connectivity index (χ4n) is 6.78. The molecule has 5 aromatic rings. The van der Waals surface area contributed by atoms with Crippen molar-refractivity contribution in [2.75, 3.05) is 0 Å². The molecule has 2 aliphatic heterocycles. The molecule has 3 heterocycles. The summed E-state index contributed by atoms with van der Waals surface area (Å²) in [5.74, 6) is 0. The lowest BCUT2D eigenvalue weighted by molar-refractivity contribution is 1.40. The molecule has 0 spiro atoms. The van der Waals surface area contributed by atoms with E-state index in [1.54, 1.807) is 26.2 Å². The Morgan fingerprint density at radius 2 is 1.11 bits per heavy atom. The first-order valence-corrected chi connectivity index (χ1v) is 18.6. The summed E-state index contributed by atoms with van der Waals surface area (Å²) in [7, 11) is -3.79. The number of para-hydroxylation sites is 1. The van der Waals surface area contributed by atoms with Gasteiger partial charge in [-0.3, -0.25) is 0 Å². The van der Waals surface area contributed by atoms with Crippen LogP contribution in [-0.2, 0) is 0 Å². The van der Waals surface area contributed by atoms with Gasteiger partial charge in [-0.1, -0.05) is 148 Å². The molecular weight excluding hydrogens is 453 g/mol. The van der Waals surface area contributed by atoms with E-state index < -0.39 is 16.1 Å². The van der Waals surface area contributed by atoms with Gasteiger partial charge in [-0.2, -0.15) is 0 Å². The molecule has 0 radical (unpaired) electrons. The van der Waals surface area contributed by atoms with Crippen LogP contribution in [0.15, 0.2) is 97.1 Å². The minimum atomic E-state index is -1.89. The van der Waals surface area contributed by atoms with E-state index in [0.717, 1.165) is 11.2 Å². The van der Waals surface area contributed by atoms with Crippen molar-refractivity contribution < 1.29 is 0 Å². The number of rotatable bonds is 1. The fraction of sp³-hybridized carbons (Fsp3) is 0.129. The Morgan fingerprint density at radius 3 is 1.74 bits per heavy atom. The monoisotopic (exact) mass is 481 g/mol. The summed E-state index contributed by atoms with van der Waals surface area (Å²) in [6.07, 6.45) is 0. The van der Waals surface area contributed by atoms with Crippen LogP contribution >= 0.6 is 0 Å². The van der Waals surface area contributed by atoms with Gasteiger partial charge in [0.25, 0.3) is 0 Å². The molecule has 0 unspecified atom stereocenters. The largest absolute Gasteiger partial charge is 0.248 e. The number of hydrogen-bond acceptors (Lipinski definition) is 1. The van der Waals surface area contributed by atoms with E-state index in [4.69, 9.17) is 4.98 Å². The maximum Gasteiger partial charge on any atom is 0.240 e. The van der Waals surface area contributed by atoms with E-state index in [2.05, 4.69) is 123 Å². The number of nitrogens with zero attached hydrogens (tertiary/aromatic N) is 1. The second-order valence-electron chi connectivity index (χ2n) is 11.2. The molecule has 35 heavy (non-hydrogen) atoms. The molecule has 0 bridgehead atoms.